The summed E-state index contributed by atoms with van der Waals surface area (Å²) in [5.41, 5.74) is 0. The quantitative estimate of drug-likeness (QED) is 0.476. The second-order valence-electron chi connectivity index (χ2n) is 0.787. The Kier molecular flexibility index (Phi) is 4.85. The Morgan fingerprint density at radius 1 is 1.67 bits per heavy atom. The summed E-state index contributed by atoms with van der Waals surface area (Å²) in [4.78, 5) is 0. The van der Waals surface area contributed by atoms with Gasteiger partial charge in [-0.05, 0) is 6.92 Å². The highest BCUT2D eigenvalue weighted by atomic mass is 16.7. The van der Waals surface area contributed by atoms with E-state index in [4.69, 9.17) is 0 Å². The lowest BCUT2D eigenvalue weighted by Gasteiger charge is -1.91. The molecule has 0 rings (SSSR count). The molecule has 0 aromatic heterocycles. The van der Waals surface area contributed by atoms with Crippen LogP contribution in [0.1, 0.15) is 6.92 Å². The predicted octanol–water partition coefficient (Wildman–Crippen LogP) is 0.789. The van der Waals surface area contributed by atoms with Crippen molar-refractivity contribution >= 4 is 0 Å². The third kappa shape index (κ3) is 3.92. The van der Waals surface area contributed by atoms with E-state index >= 15 is 0 Å². The van der Waals surface area contributed by atoms with Gasteiger partial charge < -0.3 is 9.47 Å². The van der Waals surface area contributed by atoms with Crippen molar-refractivity contribution in [3.63, 3.8) is 0 Å². The molecule has 0 saturated carbocycles. The molecule has 0 aliphatic carbocycles. The van der Waals surface area contributed by atoms with Crippen molar-refractivity contribution < 1.29 is 9.47 Å². The summed E-state index contributed by atoms with van der Waals surface area (Å²) in [5.74, 6) is 0. The van der Waals surface area contributed by atoms with Crippen LogP contribution in [0.4, 0.5) is 0 Å². The highest BCUT2D eigenvalue weighted by Crippen LogP contribution is 1.76. The van der Waals surface area contributed by atoms with E-state index in [9.17, 15) is 0 Å². The second kappa shape index (κ2) is 4.92. The largest absolute Gasteiger partial charge is 0.351 e. The van der Waals surface area contributed by atoms with E-state index < -0.39 is 0 Å². The molecule has 2 nitrogen and oxygen atoms in total. The Labute approximate surface area is 38.1 Å². The molecule has 0 saturated heterocycles. The van der Waals surface area contributed by atoms with E-state index in [2.05, 4.69) is 9.47 Å². The molecule has 0 fully saturated rings. The van der Waals surface area contributed by atoms with Gasteiger partial charge >= 0.3 is 0 Å². The van der Waals surface area contributed by atoms with Crippen LogP contribution in [-0.2, 0) is 9.47 Å². The third-order valence-corrected chi connectivity index (χ3v) is 0.331. The minimum absolute atomic E-state index is 0.674. The fourth-order valence-corrected chi connectivity index (χ4v) is 0.136. The summed E-state index contributed by atoms with van der Waals surface area (Å²) in [6.07, 6.45) is 0. The van der Waals surface area contributed by atoms with Crippen molar-refractivity contribution in [2.24, 2.45) is 0 Å². The lowest BCUT2D eigenvalue weighted by molar-refractivity contribution is 0.0537. The fourth-order valence-electron chi connectivity index (χ4n) is 0.136. The Hall–Kier alpha value is -0.0800. The molecule has 0 N–H and O–H groups in total. The average Bonchev–Trinajstić information content (AvgIpc) is 1.61. The zero-order chi connectivity index (χ0) is 4.83. The van der Waals surface area contributed by atoms with Crippen LogP contribution in [0.25, 0.3) is 0 Å². The molecule has 37 valence electrons. The number of hydrogen-bond donors (Lipinski definition) is 0. The van der Waals surface area contributed by atoms with Crippen LogP contribution in [0.3, 0.4) is 0 Å². The molecule has 0 unspecified atom stereocenters. The molecule has 0 amide bonds. The predicted molar refractivity (Wildman–Crippen MR) is 22.9 cm³/mol. The van der Waals surface area contributed by atoms with Gasteiger partial charge in [0.2, 0.25) is 6.79 Å². The molecule has 0 aromatic carbocycles. The van der Waals surface area contributed by atoms with Gasteiger partial charge in [-0.3, -0.25) is 0 Å². The minimum atomic E-state index is 0.674. The van der Waals surface area contributed by atoms with E-state index in [1.807, 2.05) is 6.92 Å². The van der Waals surface area contributed by atoms with E-state index in [1.165, 1.54) is 6.79 Å². The summed E-state index contributed by atoms with van der Waals surface area (Å²) < 4.78 is 9.07. The third-order valence-electron chi connectivity index (χ3n) is 0.331. The van der Waals surface area contributed by atoms with Crippen molar-refractivity contribution in [1.29, 1.82) is 0 Å². The Balaban J connectivity index is 2.34. The maximum atomic E-state index is 4.64. The van der Waals surface area contributed by atoms with Gasteiger partial charge in [0.15, 0.2) is 0 Å². The minimum Gasteiger partial charge on any atom is -0.351 e. The van der Waals surface area contributed by atoms with Crippen molar-refractivity contribution in [3.8, 4) is 0 Å². The fraction of sp³-hybridized carbons (Fsp3) is 0.750. The zero-order valence-corrected chi connectivity index (χ0v) is 4.10. The van der Waals surface area contributed by atoms with E-state index in [1.54, 1.807) is 7.11 Å². The standard InChI is InChI=1S/C4H9O2/c1-3-6-4-5-2/h4H,3H2,1-2H3. The molecular weight excluding hydrogens is 80.0 g/mol. The molecule has 0 spiro atoms. The number of ether oxygens (including phenoxy) is 2. The maximum Gasteiger partial charge on any atom is 0.209 e. The smallest absolute Gasteiger partial charge is 0.209 e. The maximum absolute atomic E-state index is 4.64. The van der Waals surface area contributed by atoms with E-state index in [-0.39, 0.29) is 0 Å². The number of rotatable bonds is 3. The number of methoxy groups -OCH3 is 1. The topological polar surface area (TPSA) is 18.5 Å². The van der Waals surface area contributed by atoms with Gasteiger partial charge in [0.1, 0.15) is 0 Å². The summed E-state index contributed by atoms with van der Waals surface area (Å²) in [6, 6.07) is 0. The molecule has 2 heteroatoms. The van der Waals surface area contributed by atoms with Crippen molar-refractivity contribution in [2.45, 2.75) is 6.92 Å². The summed E-state index contributed by atoms with van der Waals surface area (Å²) in [5, 5.41) is 0. The Morgan fingerprint density at radius 3 is 2.50 bits per heavy atom. The molecule has 0 aliphatic rings. The van der Waals surface area contributed by atoms with Gasteiger partial charge in [-0.15, -0.1) is 0 Å². The second-order valence-corrected chi connectivity index (χ2v) is 0.787. The highest BCUT2D eigenvalue weighted by Gasteiger charge is 1.73. The summed E-state index contributed by atoms with van der Waals surface area (Å²) in [7, 11) is 1.55. The molecular formula is C4H9O2. The van der Waals surface area contributed by atoms with Crippen molar-refractivity contribution in [3.05, 3.63) is 6.79 Å². The lowest BCUT2D eigenvalue weighted by Crippen LogP contribution is -1.85. The van der Waals surface area contributed by atoms with Crippen LogP contribution in [0.5, 0.6) is 0 Å². The molecule has 0 heterocycles. The van der Waals surface area contributed by atoms with Crippen molar-refractivity contribution in [2.75, 3.05) is 13.7 Å². The first kappa shape index (κ1) is 5.92. The van der Waals surface area contributed by atoms with Crippen LogP contribution in [0.15, 0.2) is 0 Å². The van der Waals surface area contributed by atoms with E-state index in [0.29, 0.717) is 6.61 Å². The van der Waals surface area contributed by atoms with Crippen LogP contribution in [-0.4, -0.2) is 13.7 Å². The van der Waals surface area contributed by atoms with Gasteiger partial charge in [0.05, 0.1) is 0 Å². The molecule has 0 atom stereocenters. The zero-order valence-electron chi connectivity index (χ0n) is 4.10. The SMILES string of the molecule is CCO[CH]OC. The van der Waals surface area contributed by atoms with Crippen LogP contribution in [0.2, 0.25) is 0 Å². The Bertz CT molecular complexity index is 17.5. The molecule has 0 aromatic rings. The molecule has 6 heavy (non-hydrogen) atoms. The van der Waals surface area contributed by atoms with Crippen LogP contribution >= 0.6 is 0 Å². The molecule has 0 aliphatic heterocycles. The average molecular weight is 89.1 g/mol. The summed E-state index contributed by atoms with van der Waals surface area (Å²) >= 11 is 0. The van der Waals surface area contributed by atoms with Crippen molar-refractivity contribution in [1.82, 2.24) is 0 Å². The lowest BCUT2D eigenvalue weighted by atomic mass is 10.9. The van der Waals surface area contributed by atoms with Gasteiger partial charge in [-0.2, -0.15) is 0 Å². The normalized spacial score (nSPS) is 9.00. The monoisotopic (exact) mass is 89.1 g/mol. The van der Waals surface area contributed by atoms with E-state index in [0.717, 1.165) is 0 Å². The first-order valence-corrected chi connectivity index (χ1v) is 1.88. The van der Waals surface area contributed by atoms with Gasteiger partial charge in [0.25, 0.3) is 0 Å². The van der Waals surface area contributed by atoms with Gasteiger partial charge in [0, 0.05) is 13.7 Å². The number of hydrogen-bond acceptors (Lipinski definition) is 2. The van der Waals surface area contributed by atoms with Crippen LogP contribution < -0.4 is 0 Å². The molecule has 1 radical (unpaired) electrons. The van der Waals surface area contributed by atoms with Crippen LogP contribution in [0, 0.1) is 6.79 Å². The highest BCUT2D eigenvalue weighted by molar-refractivity contribution is 4.19. The van der Waals surface area contributed by atoms with Gasteiger partial charge in [-0.25, -0.2) is 0 Å². The Morgan fingerprint density at radius 2 is 2.33 bits per heavy atom. The molecule has 0 bridgehead atoms. The summed E-state index contributed by atoms with van der Waals surface area (Å²) in [6.45, 7) is 3.88. The first-order valence-electron chi connectivity index (χ1n) is 1.88. The first-order chi connectivity index (χ1) is 2.91. The van der Waals surface area contributed by atoms with Gasteiger partial charge in [-0.1, -0.05) is 0 Å².